The molecule has 2 aromatic rings. The molecule has 0 unspecified atom stereocenters. The topological polar surface area (TPSA) is 113 Å². The molecular weight excluding hydrogens is 416 g/mol. The molecule has 9 heteroatoms. The van der Waals surface area contributed by atoms with Gasteiger partial charge in [-0.25, -0.2) is 9.78 Å². The lowest BCUT2D eigenvalue weighted by Crippen LogP contribution is -2.41. The maximum Gasteiger partial charge on any atom is 0.328 e. The third-order valence-electron chi connectivity index (χ3n) is 4.47. The van der Waals surface area contributed by atoms with Crippen molar-refractivity contribution in [3.8, 4) is 11.5 Å². The number of nitrogens with one attached hydrogen (secondary N) is 1. The van der Waals surface area contributed by atoms with E-state index < -0.39 is 30.7 Å². The van der Waals surface area contributed by atoms with E-state index in [4.69, 9.17) is 18.9 Å². The van der Waals surface area contributed by atoms with Gasteiger partial charge in [-0.2, -0.15) is 0 Å². The number of ether oxygens (including phenoxy) is 4. The molecule has 1 aromatic carbocycles. The fourth-order valence-electron chi connectivity index (χ4n) is 2.76. The maximum atomic E-state index is 12.7. The minimum Gasteiger partial charge on any atom is -0.493 e. The van der Waals surface area contributed by atoms with Crippen molar-refractivity contribution in [2.45, 2.75) is 45.8 Å². The third kappa shape index (κ3) is 7.57. The van der Waals surface area contributed by atoms with Crippen LogP contribution in [0.25, 0.3) is 0 Å². The number of aryl methyl sites for hydroxylation is 1. The van der Waals surface area contributed by atoms with Crippen LogP contribution in [-0.2, 0) is 25.5 Å². The predicted octanol–water partition coefficient (Wildman–Crippen LogP) is 2.67. The van der Waals surface area contributed by atoms with Crippen molar-refractivity contribution in [1.29, 1.82) is 0 Å². The smallest absolute Gasteiger partial charge is 0.328 e. The average Bonchev–Trinajstić information content (AvgIpc) is 2.78. The summed E-state index contributed by atoms with van der Waals surface area (Å²) in [5, 5.41) is 2.55. The number of carbonyl (C=O) groups is 3. The van der Waals surface area contributed by atoms with Gasteiger partial charge in [0.2, 0.25) is 6.79 Å². The monoisotopic (exact) mass is 444 g/mol. The largest absolute Gasteiger partial charge is 0.493 e. The first-order chi connectivity index (χ1) is 15.3. The number of benzene rings is 1. The average molecular weight is 444 g/mol. The molecule has 1 heterocycles. The molecule has 0 saturated heterocycles. The molecule has 1 aromatic heterocycles. The minimum atomic E-state index is -0.920. The van der Waals surface area contributed by atoms with Gasteiger partial charge in [0.05, 0.1) is 13.2 Å². The van der Waals surface area contributed by atoms with Crippen LogP contribution in [0.5, 0.6) is 11.5 Å². The number of aromatic nitrogens is 1. The molecule has 0 aliphatic rings. The Hall–Kier alpha value is -3.62. The molecule has 172 valence electrons. The summed E-state index contributed by atoms with van der Waals surface area (Å²) in [5.41, 5.74) is 1.04. The highest BCUT2D eigenvalue weighted by Gasteiger charge is 2.24. The number of rotatable bonds is 11. The van der Waals surface area contributed by atoms with Gasteiger partial charge in [0.25, 0.3) is 5.91 Å². The number of nitrogens with zero attached hydrogens (tertiary/aromatic N) is 1. The zero-order valence-electron chi connectivity index (χ0n) is 18.6. The Morgan fingerprint density at radius 2 is 1.81 bits per heavy atom. The summed E-state index contributed by atoms with van der Waals surface area (Å²) in [4.78, 5) is 40.1. The van der Waals surface area contributed by atoms with Crippen molar-refractivity contribution in [3.63, 3.8) is 0 Å². The fraction of sp³-hybridized carbons (Fsp3) is 0.391. The third-order valence-corrected chi connectivity index (χ3v) is 4.47. The summed E-state index contributed by atoms with van der Waals surface area (Å²) in [6.45, 7) is 4.13. The van der Waals surface area contributed by atoms with E-state index in [0.717, 1.165) is 12.0 Å². The van der Waals surface area contributed by atoms with Gasteiger partial charge in [0.15, 0.2) is 17.2 Å². The maximum absolute atomic E-state index is 12.7. The molecule has 0 fully saturated rings. The van der Waals surface area contributed by atoms with Crippen LogP contribution in [0.1, 0.15) is 43.2 Å². The fourth-order valence-corrected chi connectivity index (χ4v) is 2.76. The van der Waals surface area contributed by atoms with Crippen LogP contribution in [0.15, 0.2) is 42.6 Å². The zero-order chi connectivity index (χ0) is 23.5. The molecule has 2 rings (SSSR count). The van der Waals surface area contributed by atoms with Crippen LogP contribution in [-0.4, -0.2) is 48.9 Å². The molecule has 9 nitrogen and oxygen atoms in total. The number of esters is 2. The van der Waals surface area contributed by atoms with Gasteiger partial charge in [-0.15, -0.1) is 0 Å². The number of carbonyl (C=O) groups excluding carboxylic acids is 3. The lowest BCUT2D eigenvalue weighted by atomic mass is 10.1. The number of pyridine rings is 1. The molecule has 2 atom stereocenters. The molecule has 1 amide bonds. The van der Waals surface area contributed by atoms with Gasteiger partial charge in [-0.3, -0.25) is 9.59 Å². The van der Waals surface area contributed by atoms with E-state index in [2.05, 4.69) is 10.3 Å². The highest BCUT2D eigenvalue weighted by atomic mass is 16.7. The summed E-state index contributed by atoms with van der Waals surface area (Å²) < 4.78 is 20.7. The van der Waals surface area contributed by atoms with E-state index in [9.17, 15) is 14.4 Å². The van der Waals surface area contributed by atoms with E-state index in [-0.39, 0.29) is 23.3 Å². The number of hydrogen-bond donors (Lipinski definition) is 1. The standard InChI is InChI=1S/C23H28N2O7/c1-15(10-11-18-8-6-5-7-9-18)32-23(28)16(2)25-22(27)20-21(31-14-30-17(3)26)19(29-4)12-13-24-20/h5-9,12-13,15-16H,10-11,14H2,1-4H3,(H,25,27)/t15-,16-/m0/s1. The van der Waals surface area contributed by atoms with Gasteiger partial charge in [-0.05, 0) is 32.3 Å². The summed E-state index contributed by atoms with van der Waals surface area (Å²) in [5.74, 6) is -1.56. The van der Waals surface area contributed by atoms with Crippen LogP contribution in [0.3, 0.4) is 0 Å². The molecule has 0 saturated carbocycles. The Morgan fingerprint density at radius 3 is 2.47 bits per heavy atom. The zero-order valence-corrected chi connectivity index (χ0v) is 18.6. The lowest BCUT2D eigenvalue weighted by molar-refractivity contribution is -0.150. The molecule has 0 radical (unpaired) electrons. The molecule has 32 heavy (non-hydrogen) atoms. The first-order valence-corrected chi connectivity index (χ1v) is 10.2. The van der Waals surface area contributed by atoms with Crippen LogP contribution < -0.4 is 14.8 Å². The first kappa shape index (κ1) is 24.6. The second-order valence-corrected chi connectivity index (χ2v) is 7.06. The Kier molecular flexibility index (Phi) is 9.46. The number of methoxy groups -OCH3 is 1. The lowest BCUT2D eigenvalue weighted by Gasteiger charge is -2.19. The van der Waals surface area contributed by atoms with Crippen molar-refractivity contribution >= 4 is 17.8 Å². The van der Waals surface area contributed by atoms with Crippen molar-refractivity contribution in [2.24, 2.45) is 0 Å². The molecule has 0 bridgehead atoms. The predicted molar refractivity (Wildman–Crippen MR) is 115 cm³/mol. The van der Waals surface area contributed by atoms with E-state index in [1.54, 1.807) is 6.92 Å². The number of hydrogen-bond acceptors (Lipinski definition) is 8. The highest BCUT2D eigenvalue weighted by molar-refractivity contribution is 5.98. The molecule has 1 N–H and O–H groups in total. The minimum absolute atomic E-state index is 0.00875. The van der Waals surface area contributed by atoms with Gasteiger partial charge in [0.1, 0.15) is 6.04 Å². The summed E-state index contributed by atoms with van der Waals surface area (Å²) in [7, 11) is 1.40. The summed E-state index contributed by atoms with van der Waals surface area (Å²) in [6.07, 6.45) is 2.47. The van der Waals surface area contributed by atoms with E-state index in [1.807, 2.05) is 30.3 Å². The molecule has 0 aliphatic heterocycles. The summed E-state index contributed by atoms with van der Waals surface area (Å²) in [6, 6.07) is 10.5. The van der Waals surface area contributed by atoms with Gasteiger partial charge in [0, 0.05) is 19.2 Å². The van der Waals surface area contributed by atoms with Crippen molar-refractivity contribution in [3.05, 3.63) is 53.9 Å². The number of amides is 1. The Morgan fingerprint density at radius 1 is 1.09 bits per heavy atom. The van der Waals surface area contributed by atoms with E-state index in [1.165, 1.54) is 33.2 Å². The quantitative estimate of drug-likeness (QED) is 0.416. The van der Waals surface area contributed by atoms with E-state index in [0.29, 0.717) is 6.42 Å². The Bertz CT molecular complexity index is 918. The first-order valence-electron chi connectivity index (χ1n) is 10.2. The van der Waals surface area contributed by atoms with Gasteiger partial charge >= 0.3 is 11.9 Å². The van der Waals surface area contributed by atoms with Crippen LogP contribution in [0.2, 0.25) is 0 Å². The molecule has 0 spiro atoms. The normalized spacial score (nSPS) is 12.2. The summed E-state index contributed by atoms with van der Waals surface area (Å²) >= 11 is 0. The molecular formula is C23H28N2O7. The van der Waals surface area contributed by atoms with Crippen LogP contribution in [0, 0.1) is 0 Å². The second-order valence-electron chi connectivity index (χ2n) is 7.06. The van der Waals surface area contributed by atoms with Gasteiger partial charge in [-0.1, -0.05) is 30.3 Å². The molecule has 0 aliphatic carbocycles. The highest BCUT2D eigenvalue weighted by Crippen LogP contribution is 2.29. The van der Waals surface area contributed by atoms with Crippen molar-refractivity contribution in [1.82, 2.24) is 10.3 Å². The van der Waals surface area contributed by atoms with Crippen molar-refractivity contribution in [2.75, 3.05) is 13.9 Å². The van der Waals surface area contributed by atoms with E-state index >= 15 is 0 Å². The van der Waals surface area contributed by atoms with Crippen molar-refractivity contribution < 1.29 is 33.3 Å². The van der Waals surface area contributed by atoms with Crippen LogP contribution in [0.4, 0.5) is 0 Å². The SMILES string of the molecule is COc1ccnc(C(=O)N[C@@H](C)C(=O)O[C@@H](C)CCc2ccccc2)c1OCOC(C)=O. The Balaban J connectivity index is 1.95. The van der Waals surface area contributed by atoms with Crippen LogP contribution >= 0.6 is 0 Å². The second kappa shape index (κ2) is 12.3. The van der Waals surface area contributed by atoms with Gasteiger partial charge < -0.3 is 24.3 Å². The Labute approximate surface area is 187 Å².